The highest BCUT2D eigenvalue weighted by molar-refractivity contribution is 5.95. The number of allylic oxidation sites excluding steroid dienone is 1. The van der Waals surface area contributed by atoms with Gasteiger partial charge < -0.3 is 15.0 Å². The number of urea groups is 1. The van der Waals surface area contributed by atoms with Gasteiger partial charge in [0.15, 0.2) is 0 Å². The summed E-state index contributed by atoms with van der Waals surface area (Å²) in [6.45, 7) is 1.83. The van der Waals surface area contributed by atoms with Gasteiger partial charge in [0.05, 0.1) is 23.1 Å². The number of ether oxygens (including phenoxy) is 1. The van der Waals surface area contributed by atoms with Crippen LogP contribution in [0.5, 0.6) is 0 Å². The van der Waals surface area contributed by atoms with Gasteiger partial charge in [-0.15, -0.1) is 0 Å². The Labute approximate surface area is 167 Å². The van der Waals surface area contributed by atoms with Crippen LogP contribution in [0.2, 0.25) is 0 Å². The molecule has 0 saturated heterocycles. The van der Waals surface area contributed by atoms with E-state index in [4.69, 9.17) is 4.74 Å². The molecule has 29 heavy (non-hydrogen) atoms. The number of carbonyl (C=O) groups excluding carboxylic acids is 2. The summed E-state index contributed by atoms with van der Waals surface area (Å²) in [5.41, 5.74) is 2.05. The SMILES string of the molecule is CC1=C(C(=O)OCCc2ccccc2)[C@@H](c2cccc([N+](=O)[O-])c2)NC(=O)N1C. The number of esters is 1. The maximum absolute atomic E-state index is 12.9. The molecule has 8 heteroatoms. The molecule has 2 aromatic rings. The van der Waals surface area contributed by atoms with Crippen molar-refractivity contribution in [2.45, 2.75) is 19.4 Å². The molecule has 8 nitrogen and oxygen atoms in total. The van der Waals surface area contributed by atoms with Crippen molar-refractivity contribution in [3.63, 3.8) is 0 Å². The summed E-state index contributed by atoms with van der Waals surface area (Å²) in [6.07, 6.45) is 0.558. The molecular weight excluding hydrogens is 374 g/mol. The average Bonchev–Trinajstić information content (AvgIpc) is 2.72. The third kappa shape index (κ3) is 4.43. The molecule has 0 spiro atoms. The number of nitrogens with one attached hydrogen (secondary N) is 1. The van der Waals surface area contributed by atoms with Crippen LogP contribution in [0.1, 0.15) is 24.1 Å². The van der Waals surface area contributed by atoms with Crippen LogP contribution in [0.4, 0.5) is 10.5 Å². The van der Waals surface area contributed by atoms with Gasteiger partial charge in [-0.25, -0.2) is 9.59 Å². The van der Waals surface area contributed by atoms with Gasteiger partial charge in [0.1, 0.15) is 0 Å². The van der Waals surface area contributed by atoms with E-state index in [1.165, 1.54) is 23.1 Å². The van der Waals surface area contributed by atoms with Crippen molar-refractivity contribution in [1.82, 2.24) is 10.2 Å². The Morgan fingerprint density at radius 1 is 1.21 bits per heavy atom. The van der Waals surface area contributed by atoms with E-state index in [2.05, 4.69) is 5.32 Å². The average molecular weight is 395 g/mol. The van der Waals surface area contributed by atoms with Crippen molar-refractivity contribution < 1.29 is 19.2 Å². The van der Waals surface area contributed by atoms with E-state index in [0.717, 1.165) is 5.56 Å². The third-order valence-corrected chi connectivity index (χ3v) is 4.86. The first-order valence-electron chi connectivity index (χ1n) is 9.09. The molecule has 3 rings (SSSR count). The number of benzene rings is 2. The topological polar surface area (TPSA) is 102 Å². The fraction of sp³-hybridized carbons (Fsp3) is 0.238. The molecule has 1 heterocycles. The smallest absolute Gasteiger partial charge is 0.338 e. The Balaban J connectivity index is 1.85. The minimum absolute atomic E-state index is 0.120. The molecular formula is C21H21N3O5. The van der Waals surface area contributed by atoms with Gasteiger partial charge in [0.2, 0.25) is 0 Å². The van der Waals surface area contributed by atoms with Crippen LogP contribution in [0, 0.1) is 10.1 Å². The lowest BCUT2D eigenvalue weighted by Crippen LogP contribution is -2.46. The molecule has 150 valence electrons. The van der Waals surface area contributed by atoms with Crippen molar-refractivity contribution in [2.24, 2.45) is 0 Å². The van der Waals surface area contributed by atoms with Crippen molar-refractivity contribution in [3.8, 4) is 0 Å². The highest BCUT2D eigenvalue weighted by Crippen LogP contribution is 2.32. The van der Waals surface area contributed by atoms with E-state index in [9.17, 15) is 19.7 Å². The van der Waals surface area contributed by atoms with E-state index < -0.39 is 23.0 Å². The van der Waals surface area contributed by atoms with Crippen LogP contribution in [0.25, 0.3) is 0 Å². The van der Waals surface area contributed by atoms with Crippen molar-refractivity contribution >= 4 is 17.7 Å². The number of non-ortho nitro benzene ring substituents is 1. The van der Waals surface area contributed by atoms with E-state index >= 15 is 0 Å². The second-order valence-electron chi connectivity index (χ2n) is 6.66. The normalized spacial score (nSPS) is 16.4. The number of nitrogens with zero attached hydrogens (tertiary/aromatic N) is 2. The van der Waals surface area contributed by atoms with Crippen LogP contribution in [0.15, 0.2) is 65.9 Å². The fourth-order valence-electron chi connectivity index (χ4n) is 3.15. The summed E-state index contributed by atoms with van der Waals surface area (Å²) < 4.78 is 5.46. The molecule has 0 radical (unpaired) electrons. The van der Waals surface area contributed by atoms with Gasteiger partial charge in [-0.05, 0) is 18.1 Å². The number of nitro groups is 1. The Morgan fingerprint density at radius 2 is 1.93 bits per heavy atom. The Morgan fingerprint density at radius 3 is 2.62 bits per heavy atom. The van der Waals surface area contributed by atoms with Gasteiger partial charge in [-0.1, -0.05) is 42.5 Å². The van der Waals surface area contributed by atoms with Crippen LogP contribution >= 0.6 is 0 Å². The highest BCUT2D eigenvalue weighted by atomic mass is 16.6. The highest BCUT2D eigenvalue weighted by Gasteiger charge is 2.35. The first-order chi connectivity index (χ1) is 13.9. The van der Waals surface area contributed by atoms with E-state index in [-0.39, 0.29) is 17.9 Å². The number of amides is 2. The first-order valence-corrected chi connectivity index (χ1v) is 9.09. The summed E-state index contributed by atoms with van der Waals surface area (Å²) in [5.74, 6) is -0.568. The summed E-state index contributed by atoms with van der Waals surface area (Å²) >= 11 is 0. The van der Waals surface area contributed by atoms with Gasteiger partial charge in [-0.2, -0.15) is 0 Å². The number of nitro benzene ring substituents is 1. The molecule has 1 atom stereocenters. The third-order valence-electron chi connectivity index (χ3n) is 4.86. The molecule has 1 N–H and O–H groups in total. The molecule has 0 saturated carbocycles. The largest absolute Gasteiger partial charge is 0.462 e. The molecule has 0 aromatic heterocycles. The maximum Gasteiger partial charge on any atom is 0.338 e. The predicted octanol–water partition coefficient (Wildman–Crippen LogP) is 3.35. The Hall–Kier alpha value is -3.68. The summed E-state index contributed by atoms with van der Waals surface area (Å²) in [4.78, 5) is 37.0. The fourth-order valence-corrected chi connectivity index (χ4v) is 3.15. The zero-order chi connectivity index (χ0) is 21.0. The van der Waals surface area contributed by atoms with Crippen molar-refractivity contribution in [2.75, 3.05) is 13.7 Å². The summed E-state index contributed by atoms with van der Waals surface area (Å²) in [5, 5.41) is 13.8. The lowest BCUT2D eigenvalue weighted by molar-refractivity contribution is -0.384. The molecule has 1 aliphatic heterocycles. The number of carbonyl (C=O) groups is 2. The first kappa shape index (κ1) is 20.1. The second-order valence-corrected chi connectivity index (χ2v) is 6.66. The van der Waals surface area contributed by atoms with Gasteiger partial charge >= 0.3 is 12.0 Å². The molecule has 2 amide bonds. The van der Waals surface area contributed by atoms with Crippen LogP contribution in [-0.2, 0) is 16.0 Å². The standard InChI is InChI=1S/C21H21N3O5/c1-14-18(20(25)29-12-11-15-7-4-3-5-8-15)19(22-21(26)23(14)2)16-9-6-10-17(13-16)24(27)28/h3-10,13,19H,11-12H2,1-2H3,(H,22,26)/t19-/m1/s1. The zero-order valence-corrected chi connectivity index (χ0v) is 16.1. The van der Waals surface area contributed by atoms with Crippen LogP contribution < -0.4 is 5.32 Å². The predicted molar refractivity (Wildman–Crippen MR) is 106 cm³/mol. The zero-order valence-electron chi connectivity index (χ0n) is 16.1. The molecule has 0 unspecified atom stereocenters. The lowest BCUT2D eigenvalue weighted by atomic mass is 9.94. The number of rotatable bonds is 6. The van der Waals surface area contributed by atoms with Crippen molar-refractivity contribution in [1.29, 1.82) is 0 Å². The minimum Gasteiger partial charge on any atom is -0.462 e. The quantitative estimate of drug-likeness (QED) is 0.459. The summed E-state index contributed by atoms with van der Waals surface area (Å²) in [7, 11) is 1.55. The molecule has 0 bridgehead atoms. The molecule has 0 fully saturated rings. The maximum atomic E-state index is 12.9. The Bertz CT molecular complexity index is 971. The number of hydrogen-bond donors (Lipinski definition) is 1. The van der Waals surface area contributed by atoms with Crippen LogP contribution in [-0.4, -0.2) is 35.5 Å². The van der Waals surface area contributed by atoms with E-state index in [0.29, 0.717) is 17.7 Å². The van der Waals surface area contributed by atoms with E-state index in [1.807, 2.05) is 30.3 Å². The minimum atomic E-state index is -0.831. The molecule has 1 aliphatic rings. The second kappa shape index (κ2) is 8.55. The van der Waals surface area contributed by atoms with E-state index in [1.54, 1.807) is 20.0 Å². The number of hydrogen-bond acceptors (Lipinski definition) is 5. The molecule has 0 aliphatic carbocycles. The van der Waals surface area contributed by atoms with Gasteiger partial charge in [0, 0.05) is 31.3 Å². The Kier molecular flexibility index (Phi) is 5.92. The van der Waals surface area contributed by atoms with Crippen molar-refractivity contribution in [3.05, 3.63) is 87.1 Å². The lowest BCUT2D eigenvalue weighted by Gasteiger charge is -2.33. The van der Waals surface area contributed by atoms with Crippen LogP contribution in [0.3, 0.4) is 0 Å². The van der Waals surface area contributed by atoms with Gasteiger partial charge in [0.25, 0.3) is 5.69 Å². The molecule has 2 aromatic carbocycles. The summed E-state index contributed by atoms with van der Waals surface area (Å²) in [6, 6.07) is 14.2. The monoisotopic (exact) mass is 395 g/mol. The van der Waals surface area contributed by atoms with Gasteiger partial charge in [-0.3, -0.25) is 10.1 Å².